The number of hydrogen-bond acceptors (Lipinski definition) is 5. The largest absolute Gasteiger partial charge is 0.291 e. The summed E-state index contributed by atoms with van der Waals surface area (Å²) in [6.45, 7) is 2.02. The first kappa shape index (κ1) is 23.6. The molecule has 4 aromatic rings. The molecule has 1 saturated heterocycles. The fourth-order valence-corrected chi connectivity index (χ4v) is 5.82. The van der Waals surface area contributed by atoms with Crippen LogP contribution in [-0.2, 0) is 13.5 Å². The summed E-state index contributed by atoms with van der Waals surface area (Å²) in [7, 11) is 1.72. The molecule has 0 saturated carbocycles. The summed E-state index contributed by atoms with van der Waals surface area (Å²) >= 11 is 0. The van der Waals surface area contributed by atoms with Crippen molar-refractivity contribution in [2.75, 3.05) is 6.54 Å². The molecule has 3 aromatic heterocycles. The lowest BCUT2D eigenvalue weighted by molar-refractivity contribution is 0.0559. The van der Waals surface area contributed by atoms with Gasteiger partial charge < -0.3 is 0 Å². The first-order valence-corrected chi connectivity index (χ1v) is 12.3. The number of aromatic nitrogens is 5. The van der Waals surface area contributed by atoms with Crippen molar-refractivity contribution < 1.29 is 18.0 Å². The van der Waals surface area contributed by atoms with E-state index in [9.17, 15) is 18.0 Å². The van der Waals surface area contributed by atoms with Gasteiger partial charge in [-0.15, -0.1) is 0 Å². The van der Waals surface area contributed by atoms with Crippen molar-refractivity contribution in [1.29, 1.82) is 0 Å². The maximum Gasteiger partial charge on any atom is 0.197 e. The summed E-state index contributed by atoms with van der Waals surface area (Å²) in [5.41, 5.74) is 4.28. The highest BCUT2D eigenvalue weighted by atomic mass is 19.2. The van der Waals surface area contributed by atoms with Crippen molar-refractivity contribution >= 4 is 5.78 Å². The lowest BCUT2D eigenvalue weighted by Gasteiger charge is -2.45. The van der Waals surface area contributed by atoms with Crippen LogP contribution in [0.25, 0.3) is 16.9 Å². The standard InChI is InChI=1S/C27H25F3N6O/c1-15-7-8-22(36-10-4-9-31-36)26(32-15)23(37)14-35-17-5-3-6-21(35)25-18(13-17)27(34(2)33-25)16-11-19(28)24(30)20(29)12-16/h4,7-12,17,21H,3,5-6,13-14H2,1-2H3. The molecule has 1 aromatic carbocycles. The average molecular weight is 507 g/mol. The van der Waals surface area contributed by atoms with Crippen molar-refractivity contribution in [1.82, 2.24) is 29.4 Å². The Morgan fingerprint density at radius 3 is 2.65 bits per heavy atom. The number of halogens is 3. The van der Waals surface area contributed by atoms with E-state index < -0.39 is 17.5 Å². The van der Waals surface area contributed by atoms with E-state index in [1.54, 1.807) is 34.9 Å². The maximum atomic E-state index is 14.1. The molecule has 0 radical (unpaired) electrons. The zero-order chi connectivity index (χ0) is 25.8. The first-order valence-electron chi connectivity index (χ1n) is 12.3. The number of fused-ring (bicyclic) bond motifs is 4. The molecule has 0 amide bonds. The van der Waals surface area contributed by atoms with Crippen molar-refractivity contribution in [2.45, 2.75) is 44.7 Å². The third-order valence-electron chi connectivity index (χ3n) is 7.43. The summed E-state index contributed by atoms with van der Waals surface area (Å²) in [6, 6.07) is 7.48. The van der Waals surface area contributed by atoms with E-state index in [4.69, 9.17) is 5.10 Å². The lowest BCUT2D eigenvalue weighted by Crippen LogP contribution is -2.49. The number of rotatable bonds is 5. The number of piperidine rings is 1. The van der Waals surface area contributed by atoms with Crippen LogP contribution in [0.1, 0.15) is 52.7 Å². The monoisotopic (exact) mass is 506 g/mol. The topological polar surface area (TPSA) is 68.8 Å². The number of benzene rings is 1. The van der Waals surface area contributed by atoms with E-state index in [1.165, 1.54) is 0 Å². The number of pyridine rings is 1. The van der Waals surface area contributed by atoms with Crippen LogP contribution in [0.3, 0.4) is 0 Å². The molecule has 2 bridgehead atoms. The number of carbonyl (C=O) groups excluding carboxylic acids is 1. The Hall–Kier alpha value is -3.79. The fraction of sp³-hybridized carbons (Fsp3) is 0.333. The number of carbonyl (C=O) groups is 1. The second-order valence-corrected chi connectivity index (χ2v) is 9.76. The highest BCUT2D eigenvalue weighted by Crippen LogP contribution is 2.44. The Morgan fingerprint density at radius 2 is 1.92 bits per heavy atom. The predicted octanol–water partition coefficient (Wildman–Crippen LogP) is 4.73. The third-order valence-corrected chi connectivity index (χ3v) is 7.43. The number of ketones is 1. The quantitative estimate of drug-likeness (QED) is 0.289. The van der Waals surface area contributed by atoms with Gasteiger partial charge in [-0.3, -0.25) is 14.4 Å². The molecular formula is C27H25F3N6O. The van der Waals surface area contributed by atoms with Crippen LogP contribution < -0.4 is 0 Å². The smallest absolute Gasteiger partial charge is 0.197 e. The summed E-state index contributed by atoms with van der Waals surface area (Å²) < 4.78 is 45.0. The van der Waals surface area contributed by atoms with E-state index in [-0.39, 0.29) is 30.0 Å². The van der Waals surface area contributed by atoms with Crippen LogP contribution in [-0.4, -0.2) is 47.8 Å². The average Bonchev–Trinajstić information content (AvgIpc) is 3.50. The molecule has 10 heteroatoms. The molecule has 1 fully saturated rings. The Labute approximate surface area is 211 Å². The fourth-order valence-electron chi connectivity index (χ4n) is 5.82. The van der Waals surface area contributed by atoms with E-state index >= 15 is 0 Å². The minimum absolute atomic E-state index is 0.0613. The van der Waals surface area contributed by atoms with Gasteiger partial charge in [0.25, 0.3) is 0 Å². The lowest BCUT2D eigenvalue weighted by atomic mass is 9.81. The van der Waals surface area contributed by atoms with Crippen LogP contribution >= 0.6 is 0 Å². The molecule has 0 spiro atoms. The number of Topliss-reactive ketones (excluding diaryl/α,β-unsaturated/α-hetero) is 1. The Kier molecular flexibility index (Phi) is 5.71. The summed E-state index contributed by atoms with van der Waals surface area (Å²) in [6.07, 6.45) is 6.70. The number of nitrogens with zero attached hydrogens (tertiary/aromatic N) is 6. The Balaban J connectivity index is 1.36. The van der Waals surface area contributed by atoms with Crippen molar-refractivity contribution in [2.24, 2.45) is 7.05 Å². The van der Waals surface area contributed by atoms with Gasteiger partial charge in [0.1, 0.15) is 5.69 Å². The van der Waals surface area contributed by atoms with E-state index in [0.29, 0.717) is 23.5 Å². The highest BCUT2D eigenvalue weighted by Gasteiger charge is 2.42. The van der Waals surface area contributed by atoms with Crippen LogP contribution in [0.2, 0.25) is 0 Å². The minimum atomic E-state index is -1.49. The molecule has 5 heterocycles. The second kappa shape index (κ2) is 8.95. The van der Waals surface area contributed by atoms with Gasteiger partial charge in [-0.25, -0.2) is 22.8 Å². The highest BCUT2D eigenvalue weighted by molar-refractivity contribution is 5.99. The number of aryl methyl sites for hydroxylation is 2. The van der Waals surface area contributed by atoms with E-state index in [2.05, 4.69) is 15.0 Å². The van der Waals surface area contributed by atoms with Gasteiger partial charge in [0.05, 0.1) is 29.7 Å². The van der Waals surface area contributed by atoms with Gasteiger partial charge in [-0.05, 0) is 62.9 Å². The molecular weight excluding hydrogens is 481 g/mol. The van der Waals surface area contributed by atoms with Crippen LogP contribution in [0.5, 0.6) is 0 Å². The van der Waals surface area contributed by atoms with Crippen LogP contribution in [0, 0.1) is 24.4 Å². The summed E-state index contributed by atoms with van der Waals surface area (Å²) in [4.78, 5) is 20.4. The molecule has 0 N–H and O–H groups in total. The molecule has 190 valence electrons. The van der Waals surface area contributed by atoms with Gasteiger partial charge in [-0.1, -0.05) is 0 Å². The Morgan fingerprint density at radius 1 is 1.14 bits per heavy atom. The molecule has 37 heavy (non-hydrogen) atoms. The van der Waals surface area contributed by atoms with Crippen LogP contribution in [0.15, 0.2) is 42.7 Å². The molecule has 2 aliphatic rings. The molecule has 2 aliphatic heterocycles. The van der Waals surface area contributed by atoms with Crippen molar-refractivity contribution in [3.8, 4) is 16.9 Å². The van der Waals surface area contributed by atoms with Gasteiger partial charge in [0, 0.05) is 42.3 Å². The molecule has 2 atom stereocenters. The maximum absolute atomic E-state index is 14.1. The van der Waals surface area contributed by atoms with Gasteiger partial charge in [-0.2, -0.15) is 10.2 Å². The first-order chi connectivity index (χ1) is 17.8. The molecule has 7 nitrogen and oxygen atoms in total. The van der Waals surface area contributed by atoms with E-state index in [0.717, 1.165) is 48.3 Å². The van der Waals surface area contributed by atoms with E-state index in [1.807, 2.05) is 19.1 Å². The normalized spacial score (nSPS) is 19.2. The van der Waals surface area contributed by atoms with Crippen molar-refractivity contribution in [3.05, 3.63) is 82.8 Å². The summed E-state index contributed by atoms with van der Waals surface area (Å²) in [5, 5.41) is 9.00. The third kappa shape index (κ3) is 3.96. The zero-order valence-electron chi connectivity index (χ0n) is 20.5. The minimum Gasteiger partial charge on any atom is -0.291 e. The zero-order valence-corrected chi connectivity index (χ0v) is 20.5. The molecule has 0 aliphatic carbocycles. The summed E-state index contributed by atoms with van der Waals surface area (Å²) in [5.74, 6) is -4.05. The van der Waals surface area contributed by atoms with Gasteiger partial charge >= 0.3 is 0 Å². The molecule has 2 unspecified atom stereocenters. The Bertz CT molecular complexity index is 1490. The number of hydrogen-bond donors (Lipinski definition) is 0. The molecule has 6 rings (SSSR count). The van der Waals surface area contributed by atoms with Gasteiger partial charge in [0.2, 0.25) is 0 Å². The van der Waals surface area contributed by atoms with Gasteiger partial charge in [0.15, 0.2) is 23.2 Å². The SMILES string of the molecule is Cc1ccc(-n2cccn2)c(C(=O)CN2C3CCCC2c2nn(C)c(-c4cc(F)c(F)c(F)c4)c2C3)n1. The second-order valence-electron chi connectivity index (χ2n) is 9.76. The van der Waals surface area contributed by atoms with Crippen molar-refractivity contribution in [3.63, 3.8) is 0 Å². The van der Waals surface area contributed by atoms with Crippen LogP contribution in [0.4, 0.5) is 13.2 Å². The predicted molar refractivity (Wildman–Crippen MR) is 130 cm³/mol.